The first-order valence-corrected chi connectivity index (χ1v) is 4.23. The first-order chi connectivity index (χ1) is 3.62. The molecule has 0 aliphatic heterocycles. The van der Waals surface area contributed by atoms with Gasteiger partial charge in [0.2, 0.25) is 0 Å². The molecule has 0 fully saturated rings. The van der Waals surface area contributed by atoms with E-state index in [2.05, 4.69) is 0 Å². The van der Waals surface area contributed by atoms with E-state index in [1.807, 2.05) is 6.26 Å². The number of halogens is 2. The summed E-state index contributed by atoms with van der Waals surface area (Å²) in [6.45, 7) is 0.536. The minimum absolute atomic E-state index is 0.536. The largest absolute Gasteiger partial charge is 0.330 e. The summed E-state index contributed by atoms with van der Waals surface area (Å²) in [6, 6.07) is 0. The molecular weight excluding hydrogens is 165 g/mol. The van der Waals surface area contributed by atoms with Gasteiger partial charge in [-0.05, 0) is 12.8 Å². The Morgan fingerprint density at radius 2 is 2.12 bits per heavy atom. The van der Waals surface area contributed by atoms with Crippen molar-refractivity contribution in [1.29, 1.82) is 0 Å². The molecule has 0 bridgehead atoms. The predicted molar refractivity (Wildman–Crippen MR) is 41.6 cm³/mol. The molecule has 0 aromatic carbocycles. The van der Waals surface area contributed by atoms with Crippen LogP contribution >= 0.6 is 35.0 Å². The third kappa shape index (κ3) is 3.84. The van der Waals surface area contributed by atoms with Crippen LogP contribution in [-0.2, 0) is 0 Å². The Hall–Kier alpha value is 0.890. The van der Waals surface area contributed by atoms with Crippen LogP contribution in [-0.4, -0.2) is 16.5 Å². The quantitative estimate of drug-likeness (QED) is 0.660. The van der Waals surface area contributed by atoms with E-state index in [1.165, 1.54) is 11.8 Å². The second-order valence-corrected chi connectivity index (χ2v) is 4.42. The lowest BCUT2D eigenvalue weighted by molar-refractivity contribution is 0.872. The van der Waals surface area contributed by atoms with Crippen LogP contribution in [0.5, 0.6) is 0 Å². The monoisotopic (exact) mass is 173 g/mol. The zero-order chi connectivity index (χ0) is 6.62. The Balaban J connectivity index is 3.37. The van der Waals surface area contributed by atoms with Crippen LogP contribution < -0.4 is 5.73 Å². The van der Waals surface area contributed by atoms with Gasteiger partial charge in [0.05, 0.1) is 0 Å². The molecule has 4 heteroatoms. The lowest BCUT2D eigenvalue weighted by atomic mass is 10.5. The highest BCUT2D eigenvalue weighted by atomic mass is 35.5. The molecule has 0 saturated carbocycles. The topological polar surface area (TPSA) is 26.0 Å². The Morgan fingerprint density at radius 1 is 1.62 bits per heavy atom. The molecule has 0 heterocycles. The van der Waals surface area contributed by atoms with Crippen molar-refractivity contribution in [3.05, 3.63) is 0 Å². The first-order valence-electron chi connectivity index (χ1n) is 2.25. The average molecular weight is 174 g/mol. The van der Waals surface area contributed by atoms with Crippen molar-refractivity contribution in [3.8, 4) is 0 Å². The minimum Gasteiger partial charge on any atom is -0.330 e. The third-order valence-corrected chi connectivity index (χ3v) is 2.84. The van der Waals surface area contributed by atoms with Crippen molar-refractivity contribution in [2.24, 2.45) is 5.73 Å². The Kier molecular flexibility index (Phi) is 4.26. The van der Waals surface area contributed by atoms with Crippen LogP contribution in [0, 0.1) is 0 Å². The van der Waals surface area contributed by atoms with E-state index >= 15 is 0 Å². The van der Waals surface area contributed by atoms with Gasteiger partial charge in [-0.15, -0.1) is 11.8 Å². The zero-order valence-corrected chi connectivity index (χ0v) is 6.98. The van der Waals surface area contributed by atoms with Crippen LogP contribution in [0.1, 0.15) is 6.42 Å². The SMILES string of the molecule is CSC(Cl)(Cl)CCN. The van der Waals surface area contributed by atoms with E-state index in [0.29, 0.717) is 13.0 Å². The van der Waals surface area contributed by atoms with Crippen molar-refractivity contribution in [2.75, 3.05) is 12.8 Å². The summed E-state index contributed by atoms with van der Waals surface area (Å²) in [7, 11) is 0. The molecule has 50 valence electrons. The summed E-state index contributed by atoms with van der Waals surface area (Å²) in [4.78, 5) is 0. The molecule has 1 nitrogen and oxygen atoms in total. The molecule has 0 aromatic rings. The molecule has 0 amide bonds. The van der Waals surface area contributed by atoms with Crippen molar-refractivity contribution in [2.45, 2.75) is 10.1 Å². The van der Waals surface area contributed by atoms with E-state index in [0.717, 1.165) is 0 Å². The van der Waals surface area contributed by atoms with Gasteiger partial charge in [-0.25, -0.2) is 0 Å². The summed E-state index contributed by atoms with van der Waals surface area (Å²) >= 11 is 12.7. The number of hydrogen-bond acceptors (Lipinski definition) is 2. The molecular formula is C4H9Cl2NS. The molecule has 0 saturated heterocycles. The highest BCUT2D eigenvalue weighted by molar-refractivity contribution is 8.02. The maximum Gasteiger partial charge on any atom is 0.164 e. The maximum atomic E-state index is 5.67. The number of hydrogen-bond donors (Lipinski definition) is 1. The van der Waals surface area contributed by atoms with Gasteiger partial charge < -0.3 is 5.73 Å². The summed E-state index contributed by atoms with van der Waals surface area (Å²) in [5, 5.41) is 0. The van der Waals surface area contributed by atoms with Gasteiger partial charge in [0.25, 0.3) is 0 Å². The molecule has 8 heavy (non-hydrogen) atoms. The van der Waals surface area contributed by atoms with E-state index in [4.69, 9.17) is 28.9 Å². The fourth-order valence-electron chi connectivity index (χ4n) is 0.270. The first kappa shape index (κ1) is 8.89. The summed E-state index contributed by atoms with van der Waals surface area (Å²) in [5.74, 6) is 0. The Labute approximate surface area is 63.9 Å². The molecule has 0 atom stereocenters. The van der Waals surface area contributed by atoms with Gasteiger partial charge in [-0.3, -0.25) is 0 Å². The average Bonchev–Trinajstić information content (AvgIpc) is 1.67. The molecule has 0 aliphatic carbocycles. The Bertz CT molecular complexity index is 67.1. The van der Waals surface area contributed by atoms with Gasteiger partial charge in [-0.2, -0.15) is 0 Å². The lowest BCUT2D eigenvalue weighted by Gasteiger charge is -2.13. The number of thioether (sulfide) groups is 1. The van der Waals surface area contributed by atoms with Crippen LogP contribution in [0.25, 0.3) is 0 Å². The highest BCUT2D eigenvalue weighted by Crippen LogP contribution is 2.35. The fourth-order valence-corrected chi connectivity index (χ4v) is 0.810. The molecule has 0 spiro atoms. The minimum atomic E-state index is -0.672. The standard InChI is InChI=1S/C4H9Cl2NS/c1-8-4(5,6)2-3-7/h2-3,7H2,1H3. The van der Waals surface area contributed by atoms with Crippen LogP contribution in [0.3, 0.4) is 0 Å². The summed E-state index contributed by atoms with van der Waals surface area (Å²) in [6.07, 6.45) is 2.49. The van der Waals surface area contributed by atoms with Crippen molar-refractivity contribution >= 4 is 35.0 Å². The Morgan fingerprint density at radius 3 is 2.25 bits per heavy atom. The number of rotatable bonds is 3. The summed E-state index contributed by atoms with van der Waals surface area (Å²) in [5.41, 5.74) is 5.21. The maximum absolute atomic E-state index is 5.67. The molecule has 0 aromatic heterocycles. The van der Waals surface area contributed by atoms with Gasteiger partial charge in [0.15, 0.2) is 3.67 Å². The zero-order valence-electron chi connectivity index (χ0n) is 4.66. The smallest absolute Gasteiger partial charge is 0.164 e. The second-order valence-electron chi connectivity index (χ2n) is 1.38. The van der Waals surface area contributed by atoms with Gasteiger partial charge >= 0.3 is 0 Å². The lowest BCUT2D eigenvalue weighted by Crippen LogP contribution is -2.13. The molecule has 0 unspecified atom stereocenters. The molecule has 2 N–H and O–H groups in total. The van der Waals surface area contributed by atoms with Crippen LogP contribution in [0.15, 0.2) is 0 Å². The third-order valence-electron chi connectivity index (χ3n) is 0.734. The van der Waals surface area contributed by atoms with Gasteiger partial charge in [0, 0.05) is 6.42 Å². The predicted octanol–water partition coefficient (Wildman–Crippen LogP) is 1.83. The van der Waals surface area contributed by atoms with E-state index in [-0.39, 0.29) is 0 Å². The number of nitrogens with two attached hydrogens (primary N) is 1. The van der Waals surface area contributed by atoms with Crippen LogP contribution in [0.2, 0.25) is 0 Å². The second kappa shape index (κ2) is 3.83. The number of alkyl halides is 2. The van der Waals surface area contributed by atoms with Gasteiger partial charge in [0.1, 0.15) is 0 Å². The van der Waals surface area contributed by atoms with E-state index in [9.17, 15) is 0 Å². The van der Waals surface area contributed by atoms with Gasteiger partial charge in [-0.1, -0.05) is 23.2 Å². The molecule has 0 radical (unpaired) electrons. The van der Waals surface area contributed by atoms with Crippen LogP contribution in [0.4, 0.5) is 0 Å². The fraction of sp³-hybridized carbons (Fsp3) is 1.00. The summed E-state index contributed by atoms with van der Waals surface area (Å²) < 4.78 is -0.672. The molecule has 0 rings (SSSR count). The van der Waals surface area contributed by atoms with Crippen molar-refractivity contribution < 1.29 is 0 Å². The van der Waals surface area contributed by atoms with E-state index < -0.39 is 3.67 Å². The highest BCUT2D eigenvalue weighted by Gasteiger charge is 2.19. The molecule has 0 aliphatic rings. The van der Waals surface area contributed by atoms with E-state index in [1.54, 1.807) is 0 Å². The van der Waals surface area contributed by atoms with Crippen molar-refractivity contribution in [3.63, 3.8) is 0 Å². The van der Waals surface area contributed by atoms with Crippen molar-refractivity contribution in [1.82, 2.24) is 0 Å². The normalized spacial score (nSPS) is 12.0.